The fraction of sp³-hybridized carbons (Fsp3) is 0.200. The summed E-state index contributed by atoms with van der Waals surface area (Å²) in [7, 11) is -4.01. The summed E-state index contributed by atoms with van der Waals surface area (Å²) in [4.78, 5) is 17.8. The summed E-state index contributed by atoms with van der Waals surface area (Å²) in [6.45, 7) is 5.28. The molecule has 0 spiro atoms. The van der Waals surface area contributed by atoms with E-state index < -0.39 is 15.6 Å². The van der Waals surface area contributed by atoms with Crippen molar-refractivity contribution in [1.82, 2.24) is 9.38 Å². The van der Waals surface area contributed by atoms with Gasteiger partial charge in [-0.3, -0.25) is 13.9 Å². The Labute approximate surface area is 137 Å². The Morgan fingerprint density at radius 2 is 1.78 bits per heavy atom. The molecule has 0 radical (unpaired) electrons. The number of fused-ring (bicyclic) bond motifs is 1. The summed E-state index contributed by atoms with van der Waals surface area (Å²) in [5.41, 5.74) is 1.02. The van der Waals surface area contributed by atoms with E-state index in [4.69, 9.17) is 0 Å². The first kappa shape index (κ1) is 15.7. The second-order valence-corrected chi connectivity index (χ2v) is 8.13. The summed E-state index contributed by atoms with van der Waals surface area (Å²) < 4.78 is 28.9. The molecule has 0 bridgehead atoms. The van der Waals surface area contributed by atoms with Crippen molar-refractivity contribution in [3.63, 3.8) is 0 Å². The van der Waals surface area contributed by atoms with Gasteiger partial charge in [-0.15, -0.1) is 11.3 Å². The van der Waals surface area contributed by atoms with Crippen LogP contribution in [-0.2, 0) is 10.0 Å². The average Bonchev–Trinajstić information content (AvgIpc) is 2.81. The molecule has 0 saturated heterocycles. The Hall–Kier alpha value is -2.19. The highest BCUT2D eigenvalue weighted by atomic mass is 32.2. The first-order chi connectivity index (χ1) is 10.8. The Kier molecular flexibility index (Phi) is 3.73. The predicted octanol–water partition coefficient (Wildman–Crippen LogP) is 2.48. The first-order valence-electron chi connectivity index (χ1n) is 6.87. The number of sulfonamides is 1. The lowest BCUT2D eigenvalue weighted by Crippen LogP contribution is -2.27. The number of aromatic nitrogens is 2. The topological polar surface area (TPSA) is 80.5 Å². The molecule has 0 atom stereocenters. The molecule has 0 aliphatic carbocycles. The summed E-state index contributed by atoms with van der Waals surface area (Å²) in [5.74, 6) is 0. The minimum atomic E-state index is -4.01. The third-order valence-electron chi connectivity index (χ3n) is 3.35. The zero-order valence-corrected chi connectivity index (χ0v) is 14.5. The van der Waals surface area contributed by atoms with Gasteiger partial charge in [0.2, 0.25) is 0 Å². The molecule has 0 unspecified atom stereocenters. The predicted molar refractivity (Wildman–Crippen MR) is 90.8 cm³/mol. The van der Waals surface area contributed by atoms with Crippen LogP contribution < -0.4 is 10.3 Å². The number of thiazole rings is 1. The SMILES string of the molecule is Cc1ccc(NS(=O)(=O)c2c(C)nc3sc(C)cn3c2=O)cc1. The molecule has 3 aromatic rings. The van der Waals surface area contributed by atoms with Gasteiger partial charge in [0.1, 0.15) is 0 Å². The number of anilines is 1. The highest BCUT2D eigenvalue weighted by Gasteiger charge is 2.24. The number of hydrogen-bond donors (Lipinski definition) is 1. The second kappa shape index (κ2) is 5.47. The Bertz CT molecular complexity index is 1050. The van der Waals surface area contributed by atoms with Crippen LogP contribution in [0.15, 0.2) is 40.2 Å². The lowest BCUT2D eigenvalue weighted by atomic mass is 10.2. The normalized spacial score (nSPS) is 11.8. The van der Waals surface area contributed by atoms with Gasteiger partial charge in [0.15, 0.2) is 9.86 Å². The molecule has 1 aromatic carbocycles. The zero-order chi connectivity index (χ0) is 16.8. The van der Waals surface area contributed by atoms with Crippen LogP contribution in [0.5, 0.6) is 0 Å². The molecule has 2 aromatic heterocycles. The monoisotopic (exact) mass is 349 g/mol. The highest BCUT2D eigenvalue weighted by Crippen LogP contribution is 2.19. The van der Waals surface area contributed by atoms with Crippen molar-refractivity contribution in [3.8, 4) is 0 Å². The van der Waals surface area contributed by atoms with Crippen LogP contribution in [0.2, 0.25) is 0 Å². The fourth-order valence-corrected chi connectivity index (χ4v) is 4.45. The van der Waals surface area contributed by atoms with E-state index in [9.17, 15) is 13.2 Å². The van der Waals surface area contributed by atoms with E-state index >= 15 is 0 Å². The van der Waals surface area contributed by atoms with Crippen molar-refractivity contribution in [2.75, 3.05) is 4.72 Å². The summed E-state index contributed by atoms with van der Waals surface area (Å²) in [5, 5.41) is 0. The molecule has 8 heteroatoms. The van der Waals surface area contributed by atoms with Crippen LogP contribution in [0.1, 0.15) is 16.1 Å². The van der Waals surface area contributed by atoms with E-state index in [1.54, 1.807) is 30.5 Å². The minimum Gasteiger partial charge on any atom is -0.279 e. The largest absolute Gasteiger partial charge is 0.279 e. The van der Waals surface area contributed by atoms with Crippen LogP contribution >= 0.6 is 11.3 Å². The van der Waals surface area contributed by atoms with Gasteiger partial charge < -0.3 is 0 Å². The summed E-state index contributed by atoms with van der Waals surface area (Å²) in [6.07, 6.45) is 1.60. The lowest BCUT2D eigenvalue weighted by molar-refractivity contribution is 0.598. The van der Waals surface area contributed by atoms with Gasteiger partial charge in [0.25, 0.3) is 15.6 Å². The third-order valence-corrected chi connectivity index (χ3v) is 5.76. The van der Waals surface area contributed by atoms with E-state index in [0.29, 0.717) is 10.6 Å². The molecule has 0 fully saturated rings. The number of aryl methyl sites for hydroxylation is 3. The number of nitrogens with one attached hydrogen (secondary N) is 1. The molecule has 23 heavy (non-hydrogen) atoms. The maximum absolute atomic E-state index is 12.6. The number of nitrogens with zero attached hydrogens (tertiary/aromatic N) is 2. The van der Waals surface area contributed by atoms with Crippen LogP contribution in [-0.4, -0.2) is 17.8 Å². The third kappa shape index (κ3) is 2.87. The molecule has 1 N–H and O–H groups in total. The van der Waals surface area contributed by atoms with Gasteiger partial charge in [-0.25, -0.2) is 13.4 Å². The molecule has 2 heterocycles. The van der Waals surface area contributed by atoms with E-state index in [2.05, 4.69) is 9.71 Å². The molecule has 6 nitrogen and oxygen atoms in total. The number of rotatable bonds is 3. The van der Waals surface area contributed by atoms with Crippen LogP contribution in [0.25, 0.3) is 4.96 Å². The standard InChI is InChI=1S/C15H15N3O3S2/c1-9-4-6-12(7-5-9)17-23(20,21)13-11(3)16-15-18(14(13)19)8-10(2)22-15/h4-8,17H,1-3H3. The van der Waals surface area contributed by atoms with Crippen molar-refractivity contribution in [1.29, 1.82) is 0 Å². The molecule has 120 valence electrons. The maximum atomic E-state index is 12.6. The van der Waals surface area contributed by atoms with Crippen molar-refractivity contribution in [2.24, 2.45) is 0 Å². The molecule has 3 rings (SSSR count). The van der Waals surface area contributed by atoms with E-state index in [1.165, 1.54) is 22.7 Å². The molecule has 0 saturated carbocycles. The Balaban J connectivity index is 2.14. The fourth-order valence-electron chi connectivity index (χ4n) is 2.27. The molecular weight excluding hydrogens is 334 g/mol. The zero-order valence-electron chi connectivity index (χ0n) is 12.8. The maximum Gasteiger partial charge on any atom is 0.279 e. The highest BCUT2D eigenvalue weighted by molar-refractivity contribution is 7.92. The molecule has 0 amide bonds. The van der Waals surface area contributed by atoms with Crippen molar-refractivity contribution in [2.45, 2.75) is 25.7 Å². The van der Waals surface area contributed by atoms with Crippen LogP contribution in [0.3, 0.4) is 0 Å². The van der Waals surface area contributed by atoms with Gasteiger partial charge in [-0.05, 0) is 32.9 Å². The summed E-state index contributed by atoms with van der Waals surface area (Å²) in [6, 6.07) is 6.89. The van der Waals surface area contributed by atoms with Gasteiger partial charge in [0, 0.05) is 16.8 Å². The minimum absolute atomic E-state index is 0.191. The Morgan fingerprint density at radius 3 is 2.43 bits per heavy atom. The average molecular weight is 349 g/mol. The van der Waals surface area contributed by atoms with Crippen molar-refractivity contribution >= 4 is 32.0 Å². The van der Waals surface area contributed by atoms with E-state index in [1.807, 2.05) is 13.8 Å². The smallest absolute Gasteiger partial charge is 0.279 e. The lowest BCUT2D eigenvalue weighted by Gasteiger charge is -2.09. The number of benzene rings is 1. The van der Waals surface area contributed by atoms with Crippen molar-refractivity contribution in [3.05, 3.63) is 57.0 Å². The number of hydrogen-bond acceptors (Lipinski definition) is 5. The van der Waals surface area contributed by atoms with Crippen LogP contribution in [0.4, 0.5) is 5.69 Å². The van der Waals surface area contributed by atoms with Crippen LogP contribution in [0, 0.1) is 20.8 Å². The van der Waals surface area contributed by atoms with Gasteiger partial charge in [0.05, 0.1) is 5.69 Å². The Morgan fingerprint density at radius 1 is 1.13 bits per heavy atom. The van der Waals surface area contributed by atoms with E-state index in [0.717, 1.165) is 10.4 Å². The molecular formula is C15H15N3O3S2. The van der Waals surface area contributed by atoms with E-state index in [-0.39, 0.29) is 10.6 Å². The van der Waals surface area contributed by atoms with Gasteiger partial charge in [-0.1, -0.05) is 17.7 Å². The molecule has 0 aliphatic rings. The molecule has 0 aliphatic heterocycles. The summed E-state index contributed by atoms with van der Waals surface area (Å²) >= 11 is 1.34. The van der Waals surface area contributed by atoms with Gasteiger partial charge in [-0.2, -0.15) is 0 Å². The second-order valence-electron chi connectivity index (χ2n) is 5.30. The quantitative estimate of drug-likeness (QED) is 0.788. The van der Waals surface area contributed by atoms with Crippen molar-refractivity contribution < 1.29 is 8.42 Å². The van der Waals surface area contributed by atoms with Gasteiger partial charge >= 0.3 is 0 Å². The first-order valence-corrected chi connectivity index (χ1v) is 9.17.